The third-order valence-electron chi connectivity index (χ3n) is 3.49. The van der Waals surface area contributed by atoms with Gasteiger partial charge in [-0.15, -0.1) is 22.7 Å². The molecule has 4 nitrogen and oxygen atoms in total. The zero-order valence-corrected chi connectivity index (χ0v) is 12.1. The number of thiophene rings is 1. The van der Waals surface area contributed by atoms with E-state index in [-0.39, 0.29) is 0 Å². The van der Waals surface area contributed by atoms with Crippen molar-refractivity contribution >= 4 is 28.6 Å². The standard InChI is InChI=1S/C13H14N2O2S2/c1-8-11(19-7-14-8)6-15-4-2-10-9(3-5-18-10)12(15)13(16)17/h3,5,7,12H,2,4,6H2,1H3,(H,16,17). The van der Waals surface area contributed by atoms with E-state index in [2.05, 4.69) is 4.98 Å². The average Bonchev–Trinajstić information content (AvgIpc) is 2.98. The molecule has 1 aliphatic rings. The predicted molar refractivity (Wildman–Crippen MR) is 75.7 cm³/mol. The number of carboxylic acid groups (broad SMARTS) is 1. The zero-order valence-electron chi connectivity index (χ0n) is 10.5. The van der Waals surface area contributed by atoms with Gasteiger partial charge in [-0.2, -0.15) is 0 Å². The van der Waals surface area contributed by atoms with Gasteiger partial charge in [0.25, 0.3) is 0 Å². The molecular formula is C13H14N2O2S2. The van der Waals surface area contributed by atoms with E-state index in [0.29, 0.717) is 6.54 Å². The predicted octanol–water partition coefficient (Wildman–Crippen LogP) is 2.70. The molecule has 0 aliphatic carbocycles. The van der Waals surface area contributed by atoms with Gasteiger partial charge in [-0.3, -0.25) is 9.69 Å². The Morgan fingerprint density at radius 3 is 3.11 bits per heavy atom. The monoisotopic (exact) mass is 294 g/mol. The molecule has 1 unspecified atom stereocenters. The Labute approximate surface area is 119 Å². The third kappa shape index (κ3) is 2.31. The van der Waals surface area contributed by atoms with Crippen molar-refractivity contribution in [2.45, 2.75) is 25.9 Å². The first-order valence-electron chi connectivity index (χ1n) is 6.09. The maximum Gasteiger partial charge on any atom is 0.325 e. The second-order valence-electron chi connectivity index (χ2n) is 4.62. The van der Waals surface area contributed by atoms with Crippen LogP contribution in [-0.4, -0.2) is 27.5 Å². The number of hydrogen-bond donors (Lipinski definition) is 1. The number of aromatic nitrogens is 1. The summed E-state index contributed by atoms with van der Waals surface area (Å²) in [5.41, 5.74) is 3.79. The minimum atomic E-state index is -0.762. The van der Waals surface area contributed by atoms with E-state index in [1.807, 2.05) is 28.8 Å². The van der Waals surface area contributed by atoms with Gasteiger partial charge in [-0.25, -0.2) is 4.98 Å². The summed E-state index contributed by atoms with van der Waals surface area (Å²) in [5, 5.41) is 11.5. The Hall–Kier alpha value is -1.24. The lowest BCUT2D eigenvalue weighted by molar-refractivity contribution is -0.144. The maximum absolute atomic E-state index is 11.6. The summed E-state index contributed by atoms with van der Waals surface area (Å²) < 4.78 is 0. The van der Waals surface area contributed by atoms with Gasteiger partial charge in [0, 0.05) is 22.8 Å². The molecule has 0 amide bonds. The van der Waals surface area contributed by atoms with Crippen molar-refractivity contribution in [2.24, 2.45) is 0 Å². The van der Waals surface area contributed by atoms with E-state index in [1.54, 1.807) is 22.7 Å². The van der Waals surface area contributed by atoms with Crippen LogP contribution in [0, 0.1) is 6.92 Å². The Kier molecular flexibility index (Phi) is 3.38. The molecule has 100 valence electrons. The fourth-order valence-corrected chi connectivity index (χ4v) is 4.20. The molecule has 1 N–H and O–H groups in total. The van der Waals surface area contributed by atoms with Crippen molar-refractivity contribution in [3.8, 4) is 0 Å². The van der Waals surface area contributed by atoms with Crippen molar-refractivity contribution in [3.63, 3.8) is 0 Å². The van der Waals surface area contributed by atoms with E-state index in [1.165, 1.54) is 4.88 Å². The minimum Gasteiger partial charge on any atom is -0.480 e. The van der Waals surface area contributed by atoms with Crippen LogP contribution in [0.2, 0.25) is 0 Å². The van der Waals surface area contributed by atoms with Gasteiger partial charge in [0.05, 0.1) is 11.2 Å². The second kappa shape index (κ2) is 5.03. The van der Waals surface area contributed by atoms with Crippen LogP contribution < -0.4 is 0 Å². The van der Waals surface area contributed by atoms with E-state index in [0.717, 1.165) is 29.1 Å². The third-order valence-corrected chi connectivity index (χ3v) is 5.41. The molecule has 1 aliphatic heterocycles. The smallest absolute Gasteiger partial charge is 0.325 e. The summed E-state index contributed by atoms with van der Waals surface area (Å²) in [6.07, 6.45) is 0.939. The number of nitrogens with zero attached hydrogens (tertiary/aromatic N) is 2. The number of thiazole rings is 1. The van der Waals surface area contributed by atoms with Crippen LogP contribution in [0.3, 0.4) is 0 Å². The number of carbonyl (C=O) groups is 1. The Balaban J connectivity index is 1.90. The van der Waals surface area contributed by atoms with Gasteiger partial charge in [0.2, 0.25) is 0 Å². The molecule has 6 heteroatoms. The zero-order chi connectivity index (χ0) is 13.4. The van der Waals surface area contributed by atoms with Crippen molar-refractivity contribution in [3.05, 3.63) is 38.0 Å². The fourth-order valence-electron chi connectivity index (χ4n) is 2.49. The van der Waals surface area contributed by atoms with Gasteiger partial charge in [0.1, 0.15) is 6.04 Å². The molecule has 0 saturated heterocycles. The van der Waals surface area contributed by atoms with E-state index in [4.69, 9.17) is 0 Å². The fraction of sp³-hybridized carbons (Fsp3) is 0.385. The van der Waals surface area contributed by atoms with Crippen LogP contribution in [0.1, 0.15) is 27.1 Å². The van der Waals surface area contributed by atoms with E-state index < -0.39 is 12.0 Å². The van der Waals surface area contributed by atoms with Crippen LogP contribution in [0.25, 0.3) is 0 Å². The summed E-state index contributed by atoms with van der Waals surface area (Å²) in [6.45, 7) is 3.44. The van der Waals surface area contributed by atoms with Crippen LogP contribution in [0.4, 0.5) is 0 Å². The Bertz CT molecular complexity index is 605. The van der Waals surface area contributed by atoms with Crippen LogP contribution >= 0.6 is 22.7 Å². The molecule has 2 aromatic rings. The number of fused-ring (bicyclic) bond motifs is 1. The quantitative estimate of drug-likeness (QED) is 0.945. The molecule has 1 atom stereocenters. The molecule has 0 bridgehead atoms. The number of hydrogen-bond acceptors (Lipinski definition) is 5. The van der Waals surface area contributed by atoms with Gasteiger partial charge in [0.15, 0.2) is 0 Å². The molecule has 0 radical (unpaired) electrons. The molecule has 0 spiro atoms. The van der Waals surface area contributed by atoms with Gasteiger partial charge >= 0.3 is 5.97 Å². The van der Waals surface area contributed by atoms with E-state index >= 15 is 0 Å². The first-order valence-corrected chi connectivity index (χ1v) is 7.85. The largest absolute Gasteiger partial charge is 0.480 e. The minimum absolute atomic E-state index is 0.517. The SMILES string of the molecule is Cc1ncsc1CN1CCc2sccc2C1C(=O)O. The topological polar surface area (TPSA) is 53.4 Å². The number of aliphatic carboxylic acids is 1. The first kappa shape index (κ1) is 12.8. The Morgan fingerprint density at radius 2 is 2.42 bits per heavy atom. The van der Waals surface area contributed by atoms with Gasteiger partial charge in [-0.05, 0) is 30.4 Å². The highest BCUT2D eigenvalue weighted by molar-refractivity contribution is 7.10. The summed E-state index contributed by atoms with van der Waals surface area (Å²) in [7, 11) is 0. The molecule has 0 saturated carbocycles. The van der Waals surface area contributed by atoms with Gasteiger partial charge < -0.3 is 5.11 Å². The lowest BCUT2D eigenvalue weighted by Gasteiger charge is -2.32. The summed E-state index contributed by atoms with van der Waals surface area (Å²) in [5.74, 6) is -0.762. The van der Waals surface area contributed by atoms with Gasteiger partial charge in [-0.1, -0.05) is 0 Å². The number of carboxylic acids is 1. The van der Waals surface area contributed by atoms with Crippen LogP contribution in [0.15, 0.2) is 17.0 Å². The highest BCUT2D eigenvalue weighted by Gasteiger charge is 2.33. The van der Waals surface area contributed by atoms with Crippen molar-refractivity contribution < 1.29 is 9.90 Å². The van der Waals surface area contributed by atoms with Crippen LogP contribution in [0.5, 0.6) is 0 Å². The molecular weight excluding hydrogens is 280 g/mol. The summed E-state index contributed by atoms with van der Waals surface area (Å²) >= 11 is 3.26. The van der Waals surface area contributed by atoms with Crippen molar-refractivity contribution in [2.75, 3.05) is 6.54 Å². The van der Waals surface area contributed by atoms with Crippen LogP contribution in [-0.2, 0) is 17.8 Å². The lowest BCUT2D eigenvalue weighted by atomic mass is 10.00. The Morgan fingerprint density at radius 1 is 1.58 bits per heavy atom. The number of aryl methyl sites for hydroxylation is 1. The maximum atomic E-state index is 11.6. The summed E-state index contributed by atoms with van der Waals surface area (Å²) in [6, 6.07) is 1.43. The number of rotatable bonds is 3. The lowest BCUT2D eigenvalue weighted by Crippen LogP contribution is -2.38. The highest BCUT2D eigenvalue weighted by Crippen LogP contribution is 2.34. The van der Waals surface area contributed by atoms with Crippen molar-refractivity contribution in [1.29, 1.82) is 0 Å². The molecule has 0 fully saturated rings. The molecule has 3 heterocycles. The van der Waals surface area contributed by atoms with E-state index in [9.17, 15) is 9.90 Å². The normalized spacial score (nSPS) is 19.3. The average molecular weight is 294 g/mol. The highest BCUT2D eigenvalue weighted by atomic mass is 32.1. The molecule has 19 heavy (non-hydrogen) atoms. The first-order chi connectivity index (χ1) is 9.16. The molecule has 2 aromatic heterocycles. The second-order valence-corrected chi connectivity index (χ2v) is 6.56. The summed E-state index contributed by atoms with van der Waals surface area (Å²) in [4.78, 5) is 20.2. The molecule has 0 aromatic carbocycles. The van der Waals surface area contributed by atoms with Crippen molar-refractivity contribution in [1.82, 2.24) is 9.88 Å². The molecule has 3 rings (SSSR count).